The molecule has 0 bridgehead atoms. The van der Waals surface area contributed by atoms with Crippen molar-refractivity contribution in [3.63, 3.8) is 0 Å². The van der Waals surface area contributed by atoms with Crippen molar-refractivity contribution in [1.29, 1.82) is 0 Å². The molecule has 18 nitrogen and oxygen atoms in total. The van der Waals surface area contributed by atoms with E-state index in [4.69, 9.17) is 32.4 Å². The summed E-state index contributed by atoms with van der Waals surface area (Å²) in [6.45, 7) is 0.720. The lowest BCUT2D eigenvalue weighted by Crippen LogP contribution is -2.62. The van der Waals surface area contributed by atoms with Gasteiger partial charge in [0.1, 0.15) is 24.4 Å². The van der Waals surface area contributed by atoms with Crippen molar-refractivity contribution in [2.24, 2.45) is 22.9 Å². The lowest BCUT2D eigenvalue weighted by atomic mass is 9.85. The topological polar surface area (TPSA) is 299 Å². The Hall–Kier alpha value is -3.73. The summed E-state index contributed by atoms with van der Waals surface area (Å²) in [4.78, 5) is 0.266. The highest BCUT2D eigenvalue weighted by molar-refractivity contribution is 7.91. The predicted octanol–water partition coefficient (Wildman–Crippen LogP) is -1.34. The zero-order valence-corrected chi connectivity index (χ0v) is 31.3. The van der Waals surface area contributed by atoms with Crippen molar-refractivity contribution in [2.45, 2.75) is 122 Å². The summed E-state index contributed by atoms with van der Waals surface area (Å²) >= 11 is 0. The molecule has 55 heavy (non-hydrogen) atoms. The maximum atomic E-state index is 13.4. The molecule has 4 aromatic rings. The smallest absolute Gasteiger partial charge is 0.206 e. The van der Waals surface area contributed by atoms with Gasteiger partial charge in [-0.1, -0.05) is 10.4 Å². The number of hydrogen-bond donors (Lipinski definition) is 8. The second-order valence-corrected chi connectivity index (χ2v) is 16.4. The third kappa shape index (κ3) is 9.63. The third-order valence-corrected chi connectivity index (χ3v) is 12.1. The number of benzene rings is 2. The van der Waals surface area contributed by atoms with Crippen LogP contribution in [-0.2, 0) is 32.2 Å². The number of sulfone groups is 1. The van der Waals surface area contributed by atoms with Gasteiger partial charge >= 0.3 is 0 Å². The van der Waals surface area contributed by atoms with E-state index < -0.39 is 70.6 Å². The summed E-state index contributed by atoms with van der Waals surface area (Å²) in [7, 11) is -3.81. The molecule has 6 rings (SSSR count). The standard InChI is InChI=1S/C36H52N10O8S/c37-27-17-29(39)35(33(49)31(27)47)53-15-3-1-5-21-19-45(43-41-21)23-7-11-25(12-8-23)55(51,52)26-13-9-24(10-14-26)46-20-22(42-44-46)6-2-4-16-54-36-30(40)18-28(38)32(48)34(36)50/h7-14,19-20,27-36,47-50H,1-6,15-18,37-40H2/t27-,28-,29+,30+,31+,32+,33-,34-,35-,36-/m1/s1. The average molecular weight is 785 g/mol. The maximum Gasteiger partial charge on any atom is 0.206 e. The molecule has 2 aromatic heterocycles. The molecule has 2 fully saturated rings. The van der Waals surface area contributed by atoms with E-state index in [1.54, 1.807) is 46.0 Å². The number of hydrogen-bond acceptors (Lipinski definition) is 16. The van der Waals surface area contributed by atoms with Crippen LogP contribution in [0, 0.1) is 0 Å². The van der Waals surface area contributed by atoms with Crippen LogP contribution in [0.3, 0.4) is 0 Å². The van der Waals surface area contributed by atoms with Crippen molar-refractivity contribution in [1.82, 2.24) is 30.0 Å². The Kier molecular flexibility index (Phi) is 13.4. The number of ether oxygens (including phenoxy) is 2. The number of aromatic nitrogens is 6. The lowest BCUT2D eigenvalue weighted by Gasteiger charge is -2.39. The Morgan fingerprint density at radius 2 is 0.964 bits per heavy atom. The van der Waals surface area contributed by atoms with Gasteiger partial charge in [0.05, 0.1) is 57.2 Å². The van der Waals surface area contributed by atoms with Crippen LogP contribution in [0.15, 0.2) is 70.7 Å². The van der Waals surface area contributed by atoms with Crippen LogP contribution in [0.1, 0.15) is 49.9 Å². The second-order valence-electron chi connectivity index (χ2n) is 14.5. The molecule has 19 heteroatoms. The van der Waals surface area contributed by atoms with Crippen LogP contribution in [-0.4, -0.2) is 133 Å². The summed E-state index contributed by atoms with van der Waals surface area (Å²) < 4.78 is 41.6. The van der Waals surface area contributed by atoms with Gasteiger partial charge in [0.25, 0.3) is 0 Å². The molecule has 2 aliphatic rings. The van der Waals surface area contributed by atoms with Crippen molar-refractivity contribution in [3.05, 3.63) is 72.3 Å². The van der Waals surface area contributed by atoms with E-state index in [1.807, 2.05) is 0 Å². The van der Waals surface area contributed by atoms with E-state index in [2.05, 4.69) is 20.6 Å². The molecule has 0 amide bonds. The number of aryl methyl sites for hydroxylation is 2. The van der Waals surface area contributed by atoms with Gasteiger partial charge in [0.2, 0.25) is 9.84 Å². The predicted molar refractivity (Wildman–Crippen MR) is 199 cm³/mol. The van der Waals surface area contributed by atoms with Crippen LogP contribution >= 0.6 is 0 Å². The van der Waals surface area contributed by atoms with Crippen LogP contribution in [0.25, 0.3) is 11.4 Å². The lowest BCUT2D eigenvalue weighted by molar-refractivity contribution is -0.127. The van der Waals surface area contributed by atoms with E-state index in [1.165, 1.54) is 24.3 Å². The van der Waals surface area contributed by atoms with E-state index in [0.717, 1.165) is 24.2 Å². The Balaban J connectivity index is 0.946. The molecular formula is C36H52N10O8S. The number of nitrogens with zero attached hydrogens (tertiary/aromatic N) is 6. The van der Waals surface area contributed by atoms with Crippen molar-refractivity contribution >= 4 is 9.84 Å². The molecule has 2 aromatic carbocycles. The van der Waals surface area contributed by atoms with Crippen molar-refractivity contribution in [2.75, 3.05) is 13.2 Å². The largest absolute Gasteiger partial charge is 0.389 e. The van der Waals surface area contributed by atoms with Gasteiger partial charge in [-0.15, -0.1) is 10.2 Å². The molecule has 12 N–H and O–H groups in total. The van der Waals surface area contributed by atoms with Crippen molar-refractivity contribution < 1.29 is 38.3 Å². The third-order valence-electron chi connectivity index (χ3n) is 10.4. The molecule has 2 saturated carbocycles. The minimum absolute atomic E-state index is 0.133. The van der Waals surface area contributed by atoms with Crippen molar-refractivity contribution in [3.8, 4) is 11.4 Å². The molecule has 0 saturated heterocycles. The quantitative estimate of drug-likeness (QED) is 0.0610. The first kappa shape index (κ1) is 40.9. The Bertz CT molecular complexity index is 1800. The molecule has 0 spiro atoms. The summed E-state index contributed by atoms with van der Waals surface area (Å²) in [6, 6.07) is 10.8. The van der Waals surface area contributed by atoms with E-state index in [9.17, 15) is 28.8 Å². The molecule has 0 aliphatic heterocycles. The van der Waals surface area contributed by atoms with Gasteiger partial charge in [0, 0.05) is 37.4 Å². The van der Waals surface area contributed by atoms with E-state index in [-0.39, 0.29) is 9.79 Å². The fourth-order valence-corrected chi connectivity index (χ4v) is 8.31. The first-order valence-corrected chi connectivity index (χ1v) is 20.1. The Labute approximate surface area is 319 Å². The minimum atomic E-state index is -3.81. The van der Waals surface area contributed by atoms with Gasteiger partial charge < -0.3 is 52.8 Å². The first-order chi connectivity index (χ1) is 26.3. The molecule has 10 atom stereocenters. The fraction of sp³-hybridized carbons (Fsp3) is 0.556. The first-order valence-electron chi connectivity index (χ1n) is 18.6. The van der Waals surface area contributed by atoms with Crippen LogP contribution in [0.4, 0.5) is 0 Å². The summed E-state index contributed by atoms with van der Waals surface area (Å²) in [5.41, 5.74) is 26.6. The highest BCUT2D eigenvalue weighted by Crippen LogP contribution is 2.25. The van der Waals surface area contributed by atoms with Gasteiger partial charge in [-0.05, 0) is 99.9 Å². The Morgan fingerprint density at radius 3 is 1.35 bits per heavy atom. The van der Waals surface area contributed by atoms with Gasteiger partial charge in [-0.2, -0.15) is 0 Å². The zero-order valence-electron chi connectivity index (χ0n) is 30.4. The summed E-state index contributed by atoms with van der Waals surface area (Å²) in [6.07, 6.45) is 2.72. The van der Waals surface area contributed by atoms with E-state index >= 15 is 0 Å². The number of unbranched alkanes of at least 4 members (excludes halogenated alkanes) is 2. The maximum absolute atomic E-state index is 13.4. The molecule has 300 valence electrons. The van der Waals surface area contributed by atoms with E-state index in [0.29, 0.717) is 63.1 Å². The minimum Gasteiger partial charge on any atom is -0.389 e. The SMILES string of the molecule is N[C@@H]1C[C@H](N)[C@@H](OCCCCc2cn(-c3ccc(S(=O)(=O)c4ccc(-n5cc(CCCCO[C@H]6[C@H](O)[C@@H](O)[C@H](N)C[C@@H]6N)nn5)cc4)cc3)nn2)[C@H](O)[C@H]1O. The number of aliphatic hydroxyl groups excluding tert-OH is 4. The number of aliphatic hydroxyl groups is 4. The monoisotopic (exact) mass is 784 g/mol. The highest BCUT2D eigenvalue weighted by atomic mass is 32.2. The molecule has 2 heterocycles. The highest BCUT2D eigenvalue weighted by Gasteiger charge is 2.42. The zero-order chi connectivity index (χ0) is 39.3. The fourth-order valence-electron chi connectivity index (χ4n) is 7.05. The summed E-state index contributed by atoms with van der Waals surface area (Å²) in [5.74, 6) is 0. The molecule has 0 radical (unpaired) electrons. The average Bonchev–Trinajstić information content (AvgIpc) is 3.86. The van der Waals surface area contributed by atoms with Crippen LogP contribution in [0.2, 0.25) is 0 Å². The molecule has 0 unspecified atom stereocenters. The normalized spacial score (nSPS) is 28.7. The number of rotatable bonds is 16. The molecular weight excluding hydrogens is 733 g/mol. The van der Waals surface area contributed by atoms with Gasteiger partial charge in [-0.25, -0.2) is 17.8 Å². The van der Waals surface area contributed by atoms with Gasteiger partial charge in [-0.3, -0.25) is 0 Å². The second kappa shape index (κ2) is 18.0. The summed E-state index contributed by atoms with van der Waals surface area (Å²) in [5, 5.41) is 57.4. The molecule has 2 aliphatic carbocycles. The van der Waals surface area contributed by atoms with Crippen LogP contribution < -0.4 is 22.9 Å². The van der Waals surface area contributed by atoms with Gasteiger partial charge in [0.15, 0.2) is 0 Å². The van der Waals surface area contributed by atoms with Crippen LogP contribution in [0.5, 0.6) is 0 Å². The Morgan fingerprint density at radius 1 is 0.582 bits per heavy atom. The number of nitrogens with two attached hydrogens (primary N) is 4.